The molecule has 0 radical (unpaired) electrons. The van der Waals surface area contributed by atoms with Gasteiger partial charge in [-0.15, -0.1) is 23.4 Å². The SMILES string of the molecule is COc1ccc(CNc2nnc(SC(C)C(=O)Nc3ccc(OC(F)(F)F)cc3)s2)cc1. The number of halogens is 3. The van der Waals surface area contributed by atoms with E-state index in [4.69, 9.17) is 4.74 Å². The molecule has 0 aliphatic rings. The van der Waals surface area contributed by atoms with Gasteiger partial charge in [-0.1, -0.05) is 35.2 Å². The van der Waals surface area contributed by atoms with Gasteiger partial charge in [0.2, 0.25) is 11.0 Å². The average Bonchev–Trinajstić information content (AvgIpc) is 3.20. The van der Waals surface area contributed by atoms with Crippen LogP contribution in [0.3, 0.4) is 0 Å². The largest absolute Gasteiger partial charge is 0.573 e. The van der Waals surface area contributed by atoms with Crippen LogP contribution >= 0.6 is 23.1 Å². The molecule has 0 fully saturated rings. The lowest BCUT2D eigenvalue weighted by Gasteiger charge is -2.12. The number of thioether (sulfide) groups is 1. The molecule has 0 aliphatic heterocycles. The number of nitrogens with zero attached hydrogens (tertiary/aromatic N) is 2. The van der Waals surface area contributed by atoms with Gasteiger partial charge < -0.3 is 20.1 Å². The Morgan fingerprint density at radius 1 is 1.09 bits per heavy atom. The minimum absolute atomic E-state index is 0.317. The van der Waals surface area contributed by atoms with Crippen molar-refractivity contribution in [2.24, 2.45) is 0 Å². The van der Waals surface area contributed by atoms with Crippen LogP contribution < -0.4 is 20.1 Å². The van der Waals surface area contributed by atoms with Crippen molar-refractivity contribution in [1.29, 1.82) is 0 Å². The Hall–Kier alpha value is -2.99. The summed E-state index contributed by atoms with van der Waals surface area (Å²) < 4.78 is 46.2. The van der Waals surface area contributed by atoms with Crippen LogP contribution in [0.4, 0.5) is 24.0 Å². The normalized spacial score (nSPS) is 12.2. The number of benzene rings is 2. The lowest BCUT2D eigenvalue weighted by molar-refractivity contribution is -0.274. The second kappa shape index (κ2) is 10.6. The van der Waals surface area contributed by atoms with Crippen LogP contribution in [0.15, 0.2) is 52.9 Å². The first-order valence-corrected chi connectivity index (χ1v) is 10.9. The number of ether oxygens (including phenoxy) is 2. The summed E-state index contributed by atoms with van der Waals surface area (Å²) in [6.45, 7) is 2.26. The van der Waals surface area contributed by atoms with E-state index >= 15 is 0 Å². The average molecular weight is 485 g/mol. The summed E-state index contributed by atoms with van der Waals surface area (Å²) >= 11 is 2.55. The molecule has 0 aliphatic carbocycles. The zero-order valence-electron chi connectivity index (χ0n) is 17.0. The highest BCUT2D eigenvalue weighted by Gasteiger charge is 2.31. The van der Waals surface area contributed by atoms with Crippen molar-refractivity contribution in [1.82, 2.24) is 10.2 Å². The minimum atomic E-state index is -4.76. The fraction of sp³-hybridized carbons (Fsp3) is 0.250. The highest BCUT2D eigenvalue weighted by Crippen LogP contribution is 2.30. The molecule has 1 aromatic heterocycles. The highest BCUT2D eigenvalue weighted by atomic mass is 32.2. The Kier molecular flexibility index (Phi) is 7.80. The van der Waals surface area contributed by atoms with Gasteiger partial charge in [-0.2, -0.15) is 0 Å². The number of hydrogen-bond donors (Lipinski definition) is 2. The molecule has 1 unspecified atom stereocenters. The van der Waals surface area contributed by atoms with Crippen LogP contribution in [0.1, 0.15) is 12.5 Å². The van der Waals surface area contributed by atoms with Crippen molar-refractivity contribution in [3.05, 3.63) is 54.1 Å². The lowest BCUT2D eigenvalue weighted by atomic mass is 10.2. The van der Waals surface area contributed by atoms with Gasteiger partial charge in [0.05, 0.1) is 12.4 Å². The maximum Gasteiger partial charge on any atom is 0.573 e. The van der Waals surface area contributed by atoms with E-state index < -0.39 is 11.6 Å². The standard InChI is InChI=1S/C20H19F3N4O3S2/c1-12(17(28)25-14-5-9-16(10-6-14)30-20(21,22)23)31-19-27-26-18(32-19)24-11-13-3-7-15(29-2)8-4-13/h3-10,12H,11H2,1-2H3,(H,24,26)(H,25,28). The fourth-order valence-electron chi connectivity index (χ4n) is 2.44. The maximum atomic E-state index is 12.4. The molecule has 3 aromatic rings. The van der Waals surface area contributed by atoms with Gasteiger partial charge in [-0.3, -0.25) is 4.79 Å². The molecule has 7 nitrogen and oxygen atoms in total. The summed E-state index contributed by atoms with van der Waals surface area (Å²) in [4.78, 5) is 12.4. The Morgan fingerprint density at radius 2 is 1.75 bits per heavy atom. The molecule has 1 heterocycles. The Morgan fingerprint density at radius 3 is 2.38 bits per heavy atom. The van der Waals surface area contributed by atoms with E-state index in [1.54, 1.807) is 14.0 Å². The van der Waals surface area contributed by atoms with Crippen LogP contribution in [0.5, 0.6) is 11.5 Å². The van der Waals surface area contributed by atoms with E-state index in [0.29, 0.717) is 21.7 Å². The van der Waals surface area contributed by atoms with Crippen molar-refractivity contribution in [3.8, 4) is 11.5 Å². The molecule has 3 rings (SSSR count). The van der Waals surface area contributed by atoms with Crippen molar-refractivity contribution < 1.29 is 27.4 Å². The zero-order chi connectivity index (χ0) is 23.1. The summed E-state index contributed by atoms with van der Waals surface area (Å²) in [6, 6.07) is 12.6. The molecule has 1 amide bonds. The summed E-state index contributed by atoms with van der Waals surface area (Å²) in [7, 11) is 1.61. The number of carbonyl (C=O) groups is 1. The number of nitrogens with one attached hydrogen (secondary N) is 2. The van der Waals surface area contributed by atoms with E-state index in [2.05, 4.69) is 25.6 Å². The van der Waals surface area contributed by atoms with Gasteiger partial charge >= 0.3 is 6.36 Å². The van der Waals surface area contributed by atoms with E-state index in [1.165, 1.54) is 35.2 Å². The molecule has 170 valence electrons. The van der Waals surface area contributed by atoms with Gasteiger partial charge in [0.25, 0.3) is 0 Å². The van der Waals surface area contributed by atoms with E-state index in [0.717, 1.165) is 23.4 Å². The molecule has 0 bridgehead atoms. The monoisotopic (exact) mass is 484 g/mol. The van der Waals surface area contributed by atoms with Crippen molar-refractivity contribution in [3.63, 3.8) is 0 Å². The lowest BCUT2D eigenvalue weighted by Crippen LogP contribution is -2.22. The smallest absolute Gasteiger partial charge is 0.497 e. The number of aromatic nitrogens is 2. The minimum Gasteiger partial charge on any atom is -0.497 e. The molecule has 2 aromatic carbocycles. The predicted octanol–water partition coefficient (Wildman–Crippen LogP) is 5.18. The van der Waals surface area contributed by atoms with E-state index in [1.807, 2.05) is 24.3 Å². The van der Waals surface area contributed by atoms with Crippen molar-refractivity contribution >= 4 is 39.8 Å². The summed E-state index contributed by atoms with van der Waals surface area (Å²) in [6.07, 6.45) is -4.76. The maximum absolute atomic E-state index is 12.4. The van der Waals surface area contributed by atoms with Crippen LogP contribution in [0, 0.1) is 0 Å². The van der Waals surface area contributed by atoms with Crippen LogP contribution in [-0.4, -0.2) is 34.8 Å². The Bertz CT molecular complexity index is 1030. The third kappa shape index (κ3) is 7.31. The third-order valence-electron chi connectivity index (χ3n) is 4.01. The molecule has 0 spiro atoms. The summed E-state index contributed by atoms with van der Waals surface area (Å²) in [5.41, 5.74) is 1.41. The third-order valence-corrected chi connectivity index (χ3v) is 6.08. The first-order valence-electron chi connectivity index (χ1n) is 9.25. The van der Waals surface area contributed by atoms with Crippen molar-refractivity contribution in [2.75, 3.05) is 17.7 Å². The molecular weight excluding hydrogens is 465 g/mol. The fourth-order valence-corrected chi connectivity index (χ4v) is 4.33. The van der Waals surface area contributed by atoms with E-state index in [-0.39, 0.29) is 11.7 Å². The molecule has 32 heavy (non-hydrogen) atoms. The Balaban J connectivity index is 1.48. The van der Waals surface area contributed by atoms with Gasteiger partial charge in [0, 0.05) is 12.2 Å². The van der Waals surface area contributed by atoms with Crippen LogP contribution in [0.25, 0.3) is 0 Å². The molecule has 12 heteroatoms. The second-order valence-corrected chi connectivity index (χ2v) is 8.96. The number of methoxy groups -OCH3 is 1. The number of anilines is 2. The molecule has 0 saturated carbocycles. The number of amides is 1. The van der Waals surface area contributed by atoms with Gasteiger partial charge in [-0.25, -0.2) is 0 Å². The number of alkyl halides is 3. The number of carbonyl (C=O) groups excluding carboxylic acids is 1. The first kappa shape index (κ1) is 23.7. The quantitative estimate of drug-likeness (QED) is 0.405. The first-order chi connectivity index (χ1) is 15.2. The van der Waals surface area contributed by atoms with Crippen molar-refractivity contribution in [2.45, 2.75) is 29.4 Å². The predicted molar refractivity (Wildman–Crippen MR) is 117 cm³/mol. The topological polar surface area (TPSA) is 85.4 Å². The molecular formula is C20H19F3N4O3S2. The highest BCUT2D eigenvalue weighted by molar-refractivity contribution is 8.02. The van der Waals surface area contributed by atoms with Crippen LogP contribution in [-0.2, 0) is 11.3 Å². The summed E-state index contributed by atoms with van der Waals surface area (Å²) in [5.74, 6) is 0.102. The molecule has 2 N–H and O–H groups in total. The second-order valence-electron chi connectivity index (χ2n) is 6.40. The van der Waals surface area contributed by atoms with Crippen LogP contribution in [0.2, 0.25) is 0 Å². The van der Waals surface area contributed by atoms with Gasteiger partial charge in [0.1, 0.15) is 11.5 Å². The zero-order valence-corrected chi connectivity index (χ0v) is 18.6. The molecule has 1 atom stereocenters. The number of hydrogen-bond acceptors (Lipinski definition) is 8. The summed E-state index contributed by atoms with van der Waals surface area (Å²) in [5, 5.41) is 14.1. The Labute approximate surface area is 190 Å². The molecule has 0 saturated heterocycles. The van der Waals surface area contributed by atoms with Gasteiger partial charge in [-0.05, 0) is 48.9 Å². The van der Waals surface area contributed by atoms with E-state index in [9.17, 15) is 18.0 Å². The van der Waals surface area contributed by atoms with Gasteiger partial charge in [0.15, 0.2) is 4.34 Å². The number of rotatable bonds is 9.